The van der Waals surface area contributed by atoms with Gasteiger partial charge in [0.1, 0.15) is 26.2 Å². The molecule has 0 amide bonds. The van der Waals surface area contributed by atoms with Crippen molar-refractivity contribution in [1.82, 2.24) is 0 Å². The highest BCUT2D eigenvalue weighted by atomic mass is 31.2. The number of likely N-dealkylation sites (N-methyl/N-ethyl adjacent to an activating group) is 1. The second-order valence-electron chi connectivity index (χ2n) is 6.50. The average Bonchev–Trinajstić information content (AvgIpc) is 2.47. The quantitative estimate of drug-likeness (QED) is 0.130. The van der Waals surface area contributed by atoms with Crippen LogP contribution in [0.15, 0.2) is 0 Å². The van der Waals surface area contributed by atoms with E-state index >= 15 is 0 Å². The van der Waals surface area contributed by atoms with E-state index in [1.54, 1.807) is 21.1 Å². The Morgan fingerprint density at radius 3 is 2.14 bits per heavy atom. The fourth-order valence-electron chi connectivity index (χ4n) is 1.46. The summed E-state index contributed by atoms with van der Waals surface area (Å²) in [6.45, 7) is -1.45. The van der Waals surface area contributed by atoms with Gasteiger partial charge in [-0.2, -0.15) is 0 Å². The molecule has 0 aliphatic carbocycles. The lowest BCUT2D eigenvalue weighted by atomic mass is 10.4. The van der Waals surface area contributed by atoms with Crippen molar-refractivity contribution in [2.24, 2.45) is 0 Å². The fourth-order valence-corrected chi connectivity index (χ4v) is 2.19. The molecule has 0 bridgehead atoms. The first-order valence-corrected chi connectivity index (χ1v) is 9.33. The second kappa shape index (κ2) is 11.7. The second-order valence-corrected chi connectivity index (χ2v) is 7.92. The van der Waals surface area contributed by atoms with Crippen LogP contribution in [-0.2, 0) is 42.3 Å². The summed E-state index contributed by atoms with van der Waals surface area (Å²) in [4.78, 5) is 55.1. The normalized spacial score (nSPS) is 14.6. The highest BCUT2D eigenvalue weighted by molar-refractivity contribution is 7.45. The zero-order valence-corrected chi connectivity index (χ0v) is 16.5. The Hall–Kier alpha value is -2.05. The van der Waals surface area contributed by atoms with Crippen molar-refractivity contribution in [3.05, 3.63) is 0 Å². The smallest absolute Gasteiger partial charge is 0.317 e. The Morgan fingerprint density at radius 2 is 1.64 bits per heavy atom. The molecular formula is C14H23NO12P-. The Morgan fingerprint density at radius 1 is 1.04 bits per heavy atom. The largest absolute Gasteiger partial charge is 0.756 e. The molecule has 14 heteroatoms. The van der Waals surface area contributed by atoms with Gasteiger partial charge < -0.3 is 42.9 Å². The molecule has 13 nitrogen and oxygen atoms in total. The van der Waals surface area contributed by atoms with E-state index in [1.165, 1.54) is 0 Å². The number of carbonyl (C=O) groups excluding carboxylic acids is 3. The van der Waals surface area contributed by atoms with Gasteiger partial charge in [0.25, 0.3) is 7.82 Å². The molecule has 0 saturated carbocycles. The third kappa shape index (κ3) is 15.1. The molecule has 0 aromatic heterocycles. The van der Waals surface area contributed by atoms with Gasteiger partial charge in [-0.25, -0.2) is 0 Å². The zero-order valence-electron chi connectivity index (χ0n) is 15.7. The van der Waals surface area contributed by atoms with Crippen LogP contribution in [0.5, 0.6) is 0 Å². The van der Waals surface area contributed by atoms with Crippen molar-refractivity contribution in [1.29, 1.82) is 0 Å². The molecule has 162 valence electrons. The Bertz CT molecular complexity index is 614. The summed E-state index contributed by atoms with van der Waals surface area (Å²) < 4.78 is 30.5. The minimum atomic E-state index is -4.79. The summed E-state index contributed by atoms with van der Waals surface area (Å²) in [6.07, 6.45) is -3.62. The van der Waals surface area contributed by atoms with E-state index in [-0.39, 0.29) is 6.61 Å². The van der Waals surface area contributed by atoms with Crippen molar-refractivity contribution in [2.75, 3.05) is 47.5 Å². The summed E-state index contributed by atoms with van der Waals surface area (Å²) in [5.41, 5.74) is 0. The zero-order chi connectivity index (χ0) is 22.0. The standard InChI is InChI=1S/C14H24NO12P/c1-15(2,3)4-5-25-28(22,23)26-9-10(27-14(21)7-12(18)19)8-24-13(20)6-11(16)17/h10H,4-9H2,1-3H3,(H2-,16,17,18,19,22,23)/p-1. The summed E-state index contributed by atoms with van der Waals surface area (Å²) in [5.74, 6) is -5.69. The molecule has 0 saturated heterocycles. The van der Waals surface area contributed by atoms with Crippen molar-refractivity contribution in [3.63, 3.8) is 0 Å². The van der Waals surface area contributed by atoms with Crippen LogP contribution in [0.1, 0.15) is 12.8 Å². The molecule has 28 heavy (non-hydrogen) atoms. The molecule has 0 spiro atoms. The van der Waals surface area contributed by atoms with Crippen LogP contribution in [0.3, 0.4) is 0 Å². The lowest BCUT2D eigenvalue weighted by molar-refractivity contribution is -0.870. The van der Waals surface area contributed by atoms with E-state index in [4.69, 9.17) is 5.11 Å². The number of aliphatic carboxylic acids is 2. The van der Waals surface area contributed by atoms with Gasteiger partial charge in [-0.15, -0.1) is 0 Å². The SMILES string of the molecule is C[N+](C)(C)CCOP(=O)([O-])OCC(COC(=O)CC(=O)[O-])OC(=O)CC(=O)O. The summed E-state index contributed by atoms with van der Waals surface area (Å²) >= 11 is 0. The minimum absolute atomic E-state index is 0.186. The number of phosphoric ester groups is 1. The van der Waals surface area contributed by atoms with Crippen LogP contribution >= 0.6 is 7.82 Å². The third-order valence-corrected chi connectivity index (χ3v) is 3.71. The summed E-state index contributed by atoms with van der Waals surface area (Å²) in [5, 5.41) is 18.8. The number of hydrogen-bond donors (Lipinski definition) is 1. The molecule has 2 atom stereocenters. The lowest BCUT2D eigenvalue weighted by Crippen LogP contribution is -2.37. The Labute approximate surface area is 160 Å². The van der Waals surface area contributed by atoms with Gasteiger partial charge in [-0.3, -0.25) is 18.9 Å². The maximum atomic E-state index is 11.7. The number of nitrogens with zero attached hydrogens (tertiary/aromatic N) is 1. The first-order chi connectivity index (χ1) is 12.7. The first-order valence-electron chi connectivity index (χ1n) is 7.87. The van der Waals surface area contributed by atoms with Crippen molar-refractivity contribution in [3.8, 4) is 0 Å². The number of esters is 2. The number of ether oxygens (including phenoxy) is 2. The van der Waals surface area contributed by atoms with Crippen LogP contribution in [0, 0.1) is 0 Å². The molecule has 2 unspecified atom stereocenters. The maximum Gasteiger partial charge on any atom is 0.317 e. The van der Waals surface area contributed by atoms with Crippen LogP contribution in [0.25, 0.3) is 0 Å². The van der Waals surface area contributed by atoms with Gasteiger partial charge in [-0.1, -0.05) is 0 Å². The molecule has 1 N–H and O–H groups in total. The molecule has 0 heterocycles. The highest BCUT2D eigenvalue weighted by Gasteiger charge is 2.22. The maximum absolute atomic E-state index is 11.7. The van der Waals surface area contributed by atoms with Crippen LogP contribution in [0.4, 0.5) is 0 Å². The topological polar surface area (TPSA) is 189 Å². The highest BCUT2D eigenvalue weighted by Crippen LogP contribution is 2.38. The Kier molecular flexibility index (Phi) is 10.9. The van der Waals surface area contributed by atoms with Crippen molar-refractivity contribution < 1.29 is 61.9 Å². The molecule has 0 rings (SSSR count). The van der Waals surface area contributed by atoms with E-state index in [2.05, 4.69) is 18.5 Å². The van der Waals surface area contributed by atoms with Crippen LogP contribution in [-0.4, -0.2) is 87.1 Å². The van der Waals surface area contributed by atoms with Gasteiger partial charge >= 0.3 is 17.9 Å². The molecule has 0 aromatic rings. The number of rotatable bonds is 14. The fraction of sp³-hybridized carbons (Fsp3) is 0.714. The van der Waals surface area contributed by atoms with Gasteiger partial charge in [0.2, 0.25) is 0 Å². The van der Waals surface area contributed by atoms with E-state index in [9.17, 15) is 33.7 Å². The number of carbonyl (C=O) groups is 4. The van der Waals surface area contributed by atoms with Gasteiger partial charge in [0.05, 0.1) is 40.1 Å². The lowest BCUT2D eigenvalue weighted by Gasteiger charge is -2.28. The first kappa shape index (κ1) is 26.0. The van der Waals surface area contributed by atoms with E-state index in [0.717, 1.165) is 0 Å². The van der Waals surface area contributed by atoms with E-state index < -0.39 is 63.9 Å². The average molecular weight is 428 g/mol. The molecular weight excluding hydrogens is 405 g/mol. The van der Waals surface area contributed by atoms with Crippen molar-refractivity contribution >= 4 is 31.7 Å². The van der Waals surface area contributed by atoms with Gasteiger partial charge in [0, 0.05) is 0 Å². The number of carboxylic acids is 2. The van der Waals surface area contributed by atoms with Crippen LogP contribution in [0.2, 0.25) is 0 Å². The number of phosphoric acid groups is 1. The molecule has 0 aliphatic rings. The van der Waals surface area contributed by atoms with Gasteiger partial charge in [0.15, 0.2) is 6.10 Å². The predicted molar refractivity (Wildman–Crippen MR) is 85.1 cm³/mol. The third-order valence-electron chi connectivity index (χ3n) is 2.74. The number of quaternary nitrogens is 1. The van der Waals surface area contributed by atoms with E-state index in [1.807, 2.05) is 0 Å². The number of hydrogen-bond acceptors (Lipinski definition) is 11. The summed E-state index contributed by atoms with van der Waals surface area (Å²) in [6, 6.07) is 0. The number of carboxylic acid groups (broad SMARTS) is 2. The monoisotopic (exact) mass is 428 g/mol. The van der Waals surface area contributed by atoms with E-state index in [0.29, 0.717) is 11.0 Å². The molecule has 0 fully saturated rings. The Balaban J connectivity index is 4.73. The minimum Gasteiger partial charge on any atom is -0.756 e. The summed E-state index contributed by atoms with van der Waals surface area (Å²) in [7, 11) is 0.628. The van der Waals surface area contributed by atoms with Gasteiger partial charge in [-0.05, 0) is 0 Å². The van der Waals surface area contributed by atoms with Crippen molar-refractivity contribution in [2.45, 2.75) is 18.9 Å². The predicted octanol–water partition coefficient (Wildman–Crippen LogP) is -2.74. The molecule has 0 aromatic carbocycles. The molecule has 0 aliphatic heterocycles. The molecule has 0 radical (unpaired) electrons. The van der Waals surface area contributed by atoms with Crippen LogP contribution < -0.4 is 10.00 Å².